The van der Waals surface area contributed by atoms with Gasteiger partial charge in [-0.25, -0.2) is 18.1 Å². The van der Waals surface area contributed by atoms with Crippen molar-refractivity contribution in [2.24, 2.45) is 0 Å². The van der Waals surface area contributed by atoms with Gasteiger partial charge in [0.15, 0.2) is 13.5 Å². The number of halogens is 3. The Kier molecular flexibility index (Phi) is 10.3. The summed E-state index contributed by atoms with van der Waals surface area (Å²) < 4.78 is 65.5. The van der Waals surface area contributed by atoms with Crippen LogP contribution in [0, 0.1) is 11.6 Å². The molecule has 0 radical (unpaired) electrons. The number of pyridine rings is 1. The van der Waals surface area contributed by atoms with Crippen LogP contribution in [0.15, 0.2) is 54.9 Å². The zero-order chi connectivity index (χ0) is 31.3. The molecule has 4 aromatic rings. The minimum atomic E-state index is -2.70. The van der Waals surface area contributed by atoms with E-state index in [9.17, 15) is 23.1 Å². The minimum absolute atomic E-state index is 0.0162. The third-order valence-corrected chi connectivity index (χ3v) is 7.38. The Morgan fingerprint density at radius 1 is 1.05 bits per heavy atom. The van der Waals surface area contributed by atoms with Crippen LogP contribution in [0.25, 0.3) is 22.2 Å². The molecule has 0 aliphatic carbocycles. The van der Waals surface area contributed by atoms with E-state index in [0.29, 0.717) is 10.6 Å². The first kappa shape index (κ1) is 31.9. The molecule has 0 aliphatic heterocycles. The number of rotatable bonds is 12. The summed E-state index contributed by atoms with van der Waals surface area (Å²) in [6, 6.07) is 10.6. The van der Waals surface area contributed by atoms with Crippen LogP contribution >= 0.6 is 11.6 Å². The van der Waals surface area contributed by atoms with Crippen molar-refractivity contribution >= 4 is 51.6 Å². The summed E-state index contributed by atoms with van der Waals surface area (Å²) in [7, 11) is 0. The van der Waals surface area contributed by atoms with Crippen LogP contribution in [-0.2, 0) is 43.5 Å². The van der Waals surface area contributed by atoms with Crippen LogP contribution < -0.4 is 0 Å². The second-order valence-corrected chi connectivity index (χ2v) is 10.8. The Hall–Kier alpha value is -4.04. The van der Waals surface area contributed by atoms with Gasteiger partial charge in [-0.05, 0) is 48.2 Å². The molecule has 0 aliphatic rings. The summed E-state index contributed by atoms with van der Waals surface area (Å²) in [6.45, 7) is 1.42. The van der Waals surface area contributed by atoms with Crippen molar-refractivity contribution < 1.29 is 41.4 Å². The van der Waals surface area contributed by atoms with Crippen molar-refractivity contribution in [2.45, 2.75) is 33.4 Å². The van der Waals surface area contributed by atoms with E-state index in [1.807, 2.05) is 0 Å². The van der Waals surface area contributed by atoms with Crippen LogP contribution in [-0.4, -0.2) is 53.6 Å². The lowest BCUT2D eigenvalue weighted by Gasteiger charge is -2.23. The lowest BCUT2D eigenvalue weighted by molar-refractivity contribution is -0.145. The number of esters is 2. The number of carbonyl (C=O) groups is 3. The summed E-state index contributed by atoms with van der Waals surface area (Å²) in [5.41, 5.74) is 0.688. The molecule has 10 nitrogen and oxygen atoms in total. The highest BCUT2D eigenvalue weighted by Crippen LogP contribution is 2.30. The number of nitrogens with zero attached hydrogens (tertiary/aromatic N) is 3. The molecule has 1 unspecified atom stereocenters. The molecule has 0 bridgehead atoms. The smallest absolute Gasteiger partial charge is 0.304 e. The monoisotopic (exact) mass is 632 g/mol. The molecule has 1 atom stereocenters. The lowest BCUT2D eigenvalue weighted by atomic mass is 9.97. The molecule has 0 spiro atoms. The molecule has 0 saturated heterocycles. The standard InChI is InChI=1S/C29H26ClF2N3O7S/c1-17(36)41-15-34-14-24(23-12-21(13-33-29(23)34)19-5-8-22(30)9-6-19)28(38)26-25(31)10-7-20(27(26)32)4-3-11-35(43(39)40)16-42-18(2)37/h5-10,12-14H,3-4,11,15-16H2,1-2H3,(H,39,40)/p-1. The molecule has 2 aromatic carbocycles. The predicted molar refractivity (Wildman–Crippen MR) is 152 cm³/mol. The third kappa shape index (κ3) is 7.68. The maximum Gasteiger partial charge on any atom is 0.304 e. The summed E-state index contributed by atoms with van der Waals surface area (Å²) in [4.78, 5) is 40.6. The van der Waals surface area contributed by atoms with E-state index >= 15 is 8.78 Å². The van der Waals surface area contributed by atoms with Gasteiger partial charge in [0.05, 0.1) is 11.1 Å². The fraction of sp³-hybridized carbons (Fsp3) is 0.241. The SMILES string of the molecule is CC(=O)OCN(CCCc1ccc(F)c(C(=O)c2cn(COC(C)=O)c3ncc(-c4ccc(Cl)cc4)cc23)c1F)S(=O)[O-]. The Morgan fingerprint density at radius 2 is 1.74 bits per heavy atom. The number of carbonyl (C=O) groups excluding carboxylic acids is 3. The van der Waals surface area contributed by atoms with Crippen LogP contribution in [0.4, 0.5) is 8.78 Å². The first-order valence-corrected chi connectivity index (χ1v) is 14.2. The van der Waals surface area contributed by atoms with Crippen LogP contribution in [0.5, 0.6) is 0 Å². The number of ether oxygens (including phenoxy) is 2. The molecule has 226 valence electrons. The normalized spacial score (nSPS) is 12.0. The van der Waals surface area contributed by atoms with Crippen LogP contribution in [0.3, 0.4) is 0 Å². The van der Waals surface area contributed by atoms with Crippen molar-refractivity contribution in [1.29, 1.82) is 0 Å². The molecule has 2 aromatic heterocycles. The van der Waals surface area contributed by atoms with Gasteiger partial charge in [-0.3, -0.25) is 23.2 Å². The number of hydrogen-bond acceptors (Lipinski definition) is 8. The van der Waals surface area contributed by atoms with Gasteiger partial charge in [-0.2, -0.15) is 0 Å². The number of fused-ring (bicyclic) bond motifs is 1. The molecular formula is C29H25ClF2N3O7S-. The first-order valence-electron chi connectivity index (χ1n) is 12.8. The minimum Gasteiger partial charge on any atom is -0.759 e. The summed E-state index contributed by atoms with van der Waals surface area (Å²) >= 11 is 3.29. The van der Waals surface area contributed by atoms with Crippen molar-refractivity contribution in [1.82, 2.24) is 13.9 Å². The van der Waals surface area contributed by atoms with E-state index in [2.05, 4.69) is 4.98 Å². The maximum atomic E-state index is 15.7. The first-order chi connectivity index (χ1) is 20.5. The number of hydrogen-bond donors (Lipinski definition) is 0. The second-order valence-electron chi connectivity index (χ2n) is 9.40. The molecular weight excluding hydrogens is 608 g/mol. The van der Waals surface area contributed by atoms with E-state index in [0.717, 1.165) is 22.9 Å². The number of ketones is 1. The topological polar surface area (TPSA) is 131 Å². The highest BCUT2D eigenvalue weighted by atomic mass is 35.5. The van der Waals surface area contributed by atoms with E-state index in [1.54, 1.807) is 36.5 Å². The Balaban J connectivity index is 1.69. The van der Waals surface area contributed by atoms with Crippen molar-refractivity contribution in [3.63, 3.8) is 0 Å². The highest BCUT2D eigenvalue weighted by Gasteiger charge is 2.26. The fourth-order valence-corrected chi connectivity index (χ4v) is 4.88. The van der Waals surface area contributed by atoms with E-state index in [1.165, 1.54) is 23.8 Å². The predicted octanol–water partition coefficient (Wildman–Crippen LogP) is 4.94. The average molecular weight is 633 g/mol. The summed E-state index contributed by atoms with van der Waals surface area (Å²) in [5.74, 6) is -4.40. The molecule has 43 heavy (non-hydrogen) atoms. The van der Waals surface area contributed by atoms with Crippen molar-refractivity contribution in [3.05, 3.63) is 88.2 Å². The quantitative estimate of drug-likeness (QED) is 0.0929. The number of benzene rings is 2. The van der Waals surface area contributed by atoms with Crippen molar-refractivity contribution in [3.8, 4) is 11.1 Å². The molecule has 0 saturated carbocycles. The van der Waals surface area contributed by atoms with Gasteiger partial charge < -0.3 is 14.0 Å². The molecule has 4 rings (SSSR count). The van der Waals surface area contributed by atoms with Crippen molar-refractivity contribution in [2.75, 3.05) is 13.3 Å². The highest BCUT2D eigenvalue weighted by molar-refractivity contribution is 7.76. The molecule has 14 heteroatoms. The number of aromatic nitrogens is 2. The van der Waals surface area contributed by atoms with Gasteiger partial charge in [0.1, 0.15) is 17.3 Å². The molecule has 0 N–H and O–H groups in total. The summed E-state index contributed by atoms with van der Waals surface area (Å²) in [6.07, 6.45) is 2.90. The van der Waals surface area contributed by atoms with E-state index < -0.39 is 52.9 Å². The van der Waals surface area contributed by atoms with Gasteiger partial charge in [0.25, 0.3) is 0 Å². The molecule has 0 fully saturated rings. The number of aryl methyl sites for hydroxylation is 1. The fourth-order valence-electron chi connectivity index (χ4n) is 4.33. The van der Waals surface area contributed by atoms with Gasteiger partial charge in [0.2, 0.25) is 5.78 Å². The van der Waals surface area contributed by atoms with Crippen LogP contribution in [0.1, 0.15) is 41.8 Å². The Bertz CT molecular complexity index is 1710. The van der Waals surface area contributed by atoms with E-state index in [4.69, 9.17) is 21.1 Å². The van der Waals surface area contributed by atoms with Gasteiger partial charge >= 0.3 is 11.9 Å². The molecule has 2 heterocycles. The lowest BCUT2D eigenvalue weighted by Crippen LogP contribution is -2.30. The van der Waals surface area contributed by atoms with Crippen LogP contribution in [0.2, 0.25) is 5.02 Å². The molecule has 0 amide bonds. The summed E-state index contributed by atoms with van der Waals surface area (Å²) in [5, 5.41) is 0.790. The second kappa shape index (κ2) is 14.0. The zero-order valence-electron chi connectivity index (χ0n) is 23.0. The maximum absolute atomic E-state index is 15.7. The van der Waals surface area contributed by atoms with Gasteiger partial charge in [-0.1, -0.05) is 29.8 Å². The van der Waals surface area contributed by atoms with Gasteiger partial charge in [-0.15, -0.1) is 0 Å². The third-order valence-electron chi connectivity index (χ3n) is 6.42. The largest absolute Gasteiger partial charge is 0.759 e. The Labute approximate surface area is 252 Å². The average Bonchev–Trinajstić information content (AvgIpc) is 3.32. The zero-order valence-corrected chi connectivity index (χ0v) is 24.5. The Morgan fingerprint density at radius 3 is 2.40 bits per heavy atom. The van der Waals surface area contributed by atoms with Gasteiger partial charge in [0, 0.05) is 60.0 Å². The van der Waals surface area contributed by atoms with E-state index in [-0.39, 0.29) is 48.3 Å².